The predicted octanol–water partition coefficient (Wildman–Crippen LogP) is 3.28. The summed E-state index contributed by atoms with van der Waals surface area (Å²) in [5.74, 6) is -0.525. The fourth-order valence-corrected chi connectivity index (χ4v) is 4.79. The van der Waals surface area contributed by atoms with Crippen LogP contribution in [0.25, 0.3) is 11.1 Å². The fourth-order valence-electron chi connectivity index (χ4n) is 3.38. The van der Waals surface area contributed by atoms with Crippen LogP contribution in [0.5, 0.6) is 0 Å². The van der Waals surface area contributed by atoms with Gasteiger partial charge in [-0.15, -0.1) is 0 Å². The number of ether oxygens (including phenoxy) is 1. The summed E-state index contributed by atoms with van der Waals surface area (Å²) in [7, 11) is -3.05. The number of urea groups is 1. The Morgan fingerprint density at radius 2 is 1.81 bits per heavy atom. The average Bonchev–Trinajstić information content (AvgIpc) is 2.90. The van der Waals surface area contributed by atoms with Crippen molar-refractivity contribution < 1.29 is 27.5 Å². The van der Waals surface area contributed by atoms with E-state index in [4.69, 9.17) is 4.74 Å². The van der Waals surface area contributed by atoms with Crippen LogP contribution in [-0.4, -0.2) is 56.5 Å². The molecule has 0 saturated carbocycles. The van der Waals surface area contributed by atoms with E-state index >= 15 is 0 Å². The summed E-state index contributed by atoms with van der Waals surface area (Å²) >= 11 is 1.52. The van der Waals surface area contributed by atoms with Gasteiger partial charge in [0.05, 0.1) is 23.9 Å². The van der Waals surface area contributed by atoms with Crippen molar-refractivity contribution in [3.05, 3.63) is 78.6 Å². The second kappa shape index (κ2) is 12.9. The molecular formula is C25H26N4O6S2. The van der Waals surface area contributed by atoms with Crippen LogP contribution in [0.15, 0.2) is 78.0 Å². The summed E-state index contributed by atoms with van der Waals surface area (Å²) < 4.78 is 32.7. The minimum Gasteiger partial charge on any atom is -0.467 e. The monoisotopic (exact) mass is 542 g/mol. The maximum atomic E-state index is 13.2. The molecule has 1 atom stereocenters. The zero-order valence-corrected chi connectivity index (χ0v) is 21.8. The molecule has 0 saturated heterocycles. The quantitative estimate of drug-likeness (QED) is 0.331. The Bertz CT molecular complexity index is 1350. The molecule has 0 aliphatic heterocycles. The third-order valence-electron chi connectivity index (χ3n) is 5.18. The first-order valence-electron chi connectivity index (χ1n) is 11.1. The van der Waals surface area contributed by atoms with Crippen molar-refractivity contribution in [2.45, 2.75) is 17.4 Å². The summed E-state index contributed by atoms with van der Waals surface area (Å²) in [5, 5.41) is 5.08. The highest BCUT2D eigenvalue weighted by atomic mass is 32.2. The molecule has 3 amide bonds. The van der Waals surface area contributed by atoms with E-state index in [9.17, 15) is 22.8 Å². The van der Waals surface area contributed by atoms with Gasteiger partial charge in [-0.3, -0.25) is 9.78 Å². The van der Waals surface area contributed by atoms with Gasteiger partial charge >= 0.3 is 12.0 Å². The average molecular weight is 543 g/mol. The van der Waals surface area contributed by atoms with Gasteiger partial charge in [0.2, 0.25) is 0 Å². The molecule has 2 aromatic carbocycles. The van der Waals surface area contributed by atoms with Crippen LogP contribution < -0.4 is 15.4 Å². The van der Waals surface area contributed by atoms with Crippen molar-refractivity contribution in [3.63, 3.8) is 0 Å². The van der Waals surface area contributed by atoms with Crippen molar-refractivity contribution >= 4 is 45.4 Å². The van der Waals surface area contributed by atoms with Crippen molar-refractivity contribution in [1.82, 2.24) is 15.0 Å². The van der Waals surface area contributed by atoms with E-state index in [2.05, 4.69) is 15.6 Å². The van der Waals surface area contributed by atoms with Crippen LogP contribution in [0.2, 0.25) is 0 Å². The first-order chi connectivity index (χ1) is 17.7. The largest absolute Gasteiger partial charge is 0.467 e. The van der Waals surface area contributed by atoms with Gasteiger partial charge in [-0.2, -0.15) is 11.8 Å². The highest BCUT2D eigenvalue weighted by Gasteiger charge is 2.25. The Hall–Kier alpha value is -3.90. The zero-order chi connectivity index (χ0) is 26.8. The molecule has 1 heterocycles. The molecule has 12 heteroatoms. The number of hydrogen-bond acceptors (Lipinski definition) is 8. The van der Waals surface area contributed by atoms with Gasteiger partial charge in [-0.1, -0.05) is 30.3 Å². The molecule has 0 aliphatic carbocycles. The second-order valence-electron chi connectivity index (χ2n) is 7.71. The molecule has 194 valence electrons. The van der Waals surface area contributed by atoms with E-state index < -0.39 is 34.0 Å². The van der Waals surface area contributed by atoms with E-state index in [0.717, 1.165) is 0 Å². The van der Waals surface area contributed by atoms with E-state index in [1.165, 1.54) is 49.5 Å². The molecule has 3 rings (SSSR count). The number of anilines is 1. The van der Waals surface area contributed by atoms with Crippen molar-refractivity contribution in [3.8, 4) is 11.1 Å². The number of thioether (sulfide) groups is 1. The molecule has 0 radical (unpaired) electrons. The normalized spacial score (nSPS) is 11.7. The third kappa shape index (κ3) is 7.54. The van der Waals surface area contributed by atoms with Crippen molar-refractivity contribution in [1.29, 1.82) is 0 Å². The van der Waals surface area contributed by atoms with Crippen molar-refractivity contribution in [2.24, 2.45) is 0 Å². The molecule has 37 heavy (non-hydrogen) atoms. The maximum Gasteiger partial charge on any atom is 0.333 e. The number of aromatic nitrogens is 1. The molecule has 0 fully saturated rings. The van der Waals surface area contributed by atoms with E-state index in [-0.39, 0.29) is 10.5 Å². The van der Waals surface area contributed by atoms with Crippen molar-refractivity contribution in [2.75, 3.05) is 24.4 Å². The van der Waals surface area contributed by atoms with Crippen LogP contribution in [-0.2, 0) is 19.6 Å². The molecule has 3 N–H and O–H groups in total. The molecule has 0 spiro atoms. The number of amides is 3. The van der Waals surface area contributed by atoms with Gasteiger partial charge < -0.3 is 15.4 Å². The van der Waals surface area contributed by atoms with Gasteiger partial charge in [-0.25, -0.2) is 22.7 Å². The highest BCUT2D eigenvalue weighted by molar-refractivity contribution is 7.98. The number of pyridine rings is 1. The number of nitrogens with zero attached hydrogens (tertiary/aromatic N) is 1. The van der Waals surface area contributed by atoms with E-state index in [1.807, 2.05) is 11.0 Å². The zero-order valence-electron chi connectivity index (χ0n) is 20.1. The number of esters is 1. The summed E-state index contributed by atoms with van der Waals surface area (Å²) in [6, 6.07) is 13.9. The fraction of sp³-hybridized carbons (Fsp3) is 0.200. The Labute approximate surface area is 219 Å². The number of carbonyl (C=O) groups is 3. The topological polar surface area (TPSA) is 144 Å². The lowest BCUT2D eigenvalue weighted by Crippen LogP contribution is -2.42. The molecule has 1 aromatic heterocycles. The minimum absolute atomic E-state index is 0.156. The predicted molar refractivity (Wildman–Crippen MR) is 142 cm³/mol. The molecule has 0 aliphatic rings. The van der Waals surface area contributed by atoms with E-state index in [0.29, 0.717) is 29.0 Å². The number of hydrogen-bond donors (Lipinski definition) is 3. The highest BCUT2D eigenvalue weighted by Crippen LogP contribution is 2.27. The summed E-state index contributed by atoms with van der Waals surface area (Å²) in [5.41, 5.74) is 1.35. The number of sulfonamides is 1. The Morgan fingerprint density at radius 1 is 1.05 bits per heavy atom. The summed E-state index contributed by atoms with van der Waals surface area (Å²) in [4.78, 5) is 41.3. The summed E-state index contributed by atoms with van der Waals surface area (Å²) in [6.07, 6.45) is 5.13. The second-order valence-corrected chi connectivity index (χ2v) is 10.4. The number of nitrogens with one attached hydrogen (secondary N) is 3. The van der Waals surface area contributed by atoms with E-state index in [1.54, 1.807) is 42.5 Å². The van der Waals surface area contributed by atoms with Gasteiger partial charge in [0.25, 0.3) is 15.9 Å². The van der Waals surface area contributed by atoms with Gasteiger partial charge in [0.15, 0.2) is 0 Å². The Morgan fingerprint density at radius 3 is 2.46 bits per heavy atom. The smallest absolute Gasteiger partial charge is 0.333 e. The molecule has 1 unspecified atom stereocenters. The van der Waals surface area contributed by atoms with Crippen LogP contribution in [0, 0.1) is 0 Å². The number of carbonyl (C=O) groups excluding carboxylic acids is 3. The number of methoxy groups -OCH3 is 1. The van der Waals surface area contributed by atoms with Crippen LogP contribution in [0.4, 0.5) is 10.5 Å². The first-order valence-corrected chi connectivity index (χ1v) is 13.9. The van der Waals surface area contributed by atoms with Crippen LogP contribution in [0.1, 0.15) is 16.8 Å². The SMILES string of the molecule is COC(=O)C(CCSC)NC(=O)c1ccc(S(=O)(=O)NC(=O)Nc2cccnc2)cc1-c1ccccc1. The molecule has 3 aromatic rings. The van der Waals surface area contributed by atoms with Crippen LogP contribution in [0.3, 0.4) is 0 Å². The number of benzene rings is 2. The molecular weight excluding hydrogens is 516 g/mol. The van der Waals surface area contributed by atoms with Gasteiger partial charge in [-0.05, 0) is 59.9 Å². The maximum absolute atomic E-state index is 13.2. The lowest BCUT2D eigenvalue weighted by molar-refractivity contribution is -0.142. The standard InChI is InChI=1S/C25H26N4O6S2/c1-35-24(31)22(12-14-36-2)28-23(30)20-11-10-19(15-21(20)17-7-4-3-5-8-17)37(33,34)29-25(32)27-18-9-6-13-26-16-18/h3-11,13,15-16,22H,12,14H2,1-2H3,(H,28,30)(H2,27,29,32). The number of rotatable bonds is 10. The van der Waals surface area contributed by atoms with Gasteiger partial charge in [0.1, 0.15) is 6.04 Å². The molecule has 0 bridgehead atoms. The third-order valence-corrected chi connectivity index (χ3v) is 7.15. The first kappa shape index (κ1) is 27.7. The lowest BCUT2D eigenvalue weighted by atomic mass is 9.99. The van der Waals surface area contributed by atoms with Gasteiger partial charge in [0, 0.05) is 11.8 Å². The lowest BCUT2D eigenvalue weighted by Gasteiger charge is -2.18. The van der Waals surface area contributed by atoms with Crippen LogP contribution >= 0.6 is 11.8 Å². The molecule has 10 nitrogen and oxygen atoms in total. The Kier molecular flexibility index (Phi) is 9.64. The minimum atomic E-state index is -4.30. The summed E-state index contributed by atoms with van der Waals surface area (Å²) in [6.45, 7) is 0. The Balaban J connectivity index is 1.92.